The third-order valence-corrected chi connectivity index (χ3v) is 5.91. The molecule has 2 atom stereocenters. The summed E-state index contributed by atoms with van der Waals surface area (Å²) in [5.41, 5.74) is 0.856. The van der Waals surface area contributed by atoms with E-state index < -0.39 is 6.04 Å². The van der Waals surface area contributed by atoms with Gasteiger partial charge in [-0.1, -0.05) is 53.5 Å². The Morgan fingerprint density at radius 1 is 1.16 bits per heavy atom. The molecule has 0 bridgehead atoms. The highest BCUT2D eigenvalue weighted by molar-refractivity contribution is 9.10. The summed E-state index contributed by atoms with van der Waals surface area (Å²) in [7, 11) is 1.59. The molecule has 0 heterocycles. The minimum Gasteiger partial charge on any atom is -0.497 e. The summed E-state index contributed by atoms with van der Waals surface area (Å²) in [6.07, 6.45) is 1.27. The summed E-state index contributed by atoms with van der Waals surface area (Å²) in [6.45, 7) is 5.84. The molecule has 6 nitrogen and oxygen atoms in total. The molecule has 2 amide bonds. The first kappa shape index (κ1) is 26.0. The van der Waals surface area contributed by atoms with Gasteiger partial charge >= 0.3 is 0 Å². The Hall–Kier alpha value is -2.25. The fourth-order valence-electron chi connectivity index (χ4n) is 3.14. The zero-order valence-corrected chi connectivity index (χ0v) is 21.2. The van der Waals surface area contributed by atoms with Crippen molar-refractivity contribution in [3.8, 4) is 11.5 Å². The molecule has 32 heavy (non-hydrogen) atoms. The quantitative estimate of drug-likeness (QED) is 0.437. The van der Waals surface area contributed by atoms with Crippen molar-refractivity contribution >= 4 is 39.3 Å². The molecular weight excluding hydrogens is 496 g/mol. The second-order valence-electron chi connectivity index (χ2n) is 7.48. The Morgan fingerprint density at radius 2 is 1.91 bits per heavy atom. The minimum absolute atomic E-state index is 0.0168. The Balaban J connectivity index is 2.25. The Labute approximate surface area is 203 Å². The second kappa shape index (κ2) is 12.7. The van der Waals surface area contributed by atoms with E-state index in [2.05, 4.69) is 21.2 Å². The van der Waals surface area contributed by atoms with Crippen LogP contribution >= 0.6 is 27.5 Å². The number of benzene rings is 2. The van der Waals surface area contributed by atoms with E-state index in [1.165, 1.54) is 0 Å². The van der Waals surface area contributed by atoms with Gasteiger partial charge < -0.3 is 19.7 Å². The first-order valence-electron chi connectivity index (χ1n) is 10.6. The van der Waals surface area contributed by atoms with E-state index in [1.807, 2.05) is 45.0 Å². The number of rotatable bonds is 11. The van der Waals surface area contributed by atoms with Crippen LogP contribution in [0.25, 0.3) is 0 Å². The molecule has 0 aliphatic carbocycles. The number of hydrogen-bond acceptors (Lipinski definition) is 4. The number of carbonyl (C=O) groups is 2. The van der Waals surface area contributed by atoms with Crippen LogP contribution in [-0.4, -0.2) is 42.5 Å². The maximum Gasteiger partial charge on any atom is 0.261 e. The first-order chi connectivity index (χ1) is 15.3. The molecule has 0 aliphatic heterocycles. The molecule has 0 fully saturated rings. The fourth-order valence-corrected chi connectivity index (χ4v) is 3.87. The molecular formula is C24H30BrClN2O4. The van der Waals surface area contributed by atoms with Crippen LogP contribution in [0.2, 0.25) is 5.02 Å². The number of carbonyl (C=O) groups excluding carboxylic acids is 2. The second-order valence-corrected chi connectivity index (χ2v) is 8.80. The summed E-state index contributed by atoms with van der Waals surface area (Å²) in [5.74, 6) is 0.601. The molecule has 0 aromatic heterocycles. The molecule has 8 heteroatoms. The van der Waals surface area contributed by atoms with Crippen LogP contribution in [0, 0.1) is 0 Å². The van der Waals surface area contributed by atoms with Gasteiger partial charge in [-0.2, -0.15) is 0 Å². The highest BCUT2D eigenvalue weighted by Crippen LogP contribution is 2.28. The van der Waals surface area contributed by atoms with Crippen molar-refractivity contribution < 1.29 is 19.1 Å². The highest BCUT2D eigenvalue weighted by atomic mass is 79.9. The van der Waals surface area contributed by atoms with Gasteiger partial charge in [-0.25, -0.2) is 0 Å². The molecule has 0 unspecified atom stereocenters. The zero-order valence-electron chi connectivity index (χ0n) is 18.9. The van der Waals surface area contributed by atoms with Crippen molar-refractivity contribution in [2.45, 2.75) is 52.2 Å². The number of amides is 2. The van der Waals surface area contributed by atoms with Crippen molar-refractivity contribution in [1.29, 1.82) is 0 Å². The van der Waals surface area contributed by atoms with E-state index in [-0.39, 0.29) is 31.0 Å². The van der Waals surface area contributed by atoms with Gasteiger partial charge in [-0.15, -0.1) is 0 Å². The van der Waals surface area contributed by atoms with Crippen LogP contribution in [0.15, 0.2) is 46.9 Å². The van der Waals surface area contributed by atoms with Crippen molar-refractivity contribution in [3.05, 3.63) is 57.5 Å². The van der Waals surface area contributed by atoms with Gasteiger partial charge in [0.1, 0.15) is 17.5 Å². The van der Waals surface area contributed by atoms with E-state index in [4.69, 9.17) is 21.1 Å². The molecule has 0 radical (unpaired) electrons. The summed E-state index contributed by atoms with van der Waals surface area (Å²) in [4.78, 5) is 27.8. The molecule has 2 rings (SSSR count). The van der Waals surface area contributed by atoms with E-state index in [0.717, 1.165) is 16.5 Å². The monoisotopic (exact) mass is 524 g/mol. The predicted octanol–water partition coefficient (Wildman–Crippen LogP) is 5.21. The van der Waals surface area contributed by atoms with E-state index in [1.54, 1.807) is 30.2 Å². The lowest BCUT2D eigenvalue weighted by Gasteiger charge is -2.31. The average molecular weight is 526 g/mol. The largest absolute Gasteiger partial charge is 0.497 e. The number of methoxy groups -OCH3 is 1. The van der Waals surface area contributed by atoms with E-state index in [9.17, 15) is 9.59 Å². The first-order valence-corrected chi connectivity index (χ1v) is 11.8. The lowest BCUT2D eigenvalue weighted by molar-refractivity contribution is -0.143. The van der Waals surface area contributed by atoms with E-state index >= 15 is 0 Å². The summed E-state index contributed by atoms with van der Waals surface area (Å²) in [6, 6.07) is 12.0. The van der Waals surface area contributed by atoms with Crippen LogP contribution in [0.3, 0.4) is 0 Å². The van der Waals surface area contributed by atoms with E-state index in [0.29, 0.717) is 22.9 Å². The van der Waals surface area contributed by atoms with Crippen LogP contribution in [0.1, 0.15) is 39.2 Å². The van der Waals surface area contributed by atoms with Crippen LogP contribution in [-0.2, 0) is 16.1 Å². The van der Waals surface area contributed by atoms with Crippen molar-refractivity contribution in [2.24, 2.45) is 0 Å². The molecule has 0 spiro atoms. The third kappa shape index (κ3) is 7.41. The molecule has 2 aromatic carbocycles. The van der Waals surface area contributed by atoms with Gasteiger partial charge in [-0.3, -0.25) is 9.59 Å². The lowest BCUT2D eigenvalue weighted by Crippen LogP contribution is -2.51. The van der Waals surface area contributed by atoms with Crippen molar-refractivity contribution in [1.82, 2.24) is 10.2 Å². The van der Waals surface area contributed by atoms with Gasteiger partial charge in [0, 0.05) is 17.1 Å². The average Bonchev–Trinajstić information content (AvgIpc) is 2.78. The molecule has 0 saturated heterocycles. The van der Waals surface area contributed by atoms with Gasteiger partial charge in [0.25, 0.3) is 5.91 Å². The number of nitrogens with zero attached hydrogens (tertiary/aromatic N) is 1. The number of halogens is 2. The molecule has 174 valence electrons. The highest BCUT2D eigenvalue weighted by Gasteiger charge is 2.29. The van der Waals surface area contributed by atoms with Gasteiger partial charge in [0.15, 0.2) is 6.61 Å². The van der Waals surface area contributed by atoms with Gasteiger partial charge in [0.05, 0.1) is 12.1 Å². The van der Waals surface area contributed by atoms with Crippen LogP contribution in [0.4, 0.5) is 0 Å². The minimum atomic E-state index is -0.633. The van der Waals surface area contributed by atoms with Gasteiger partial charge in [-0.05, 0) is 55.7 Å². The predicted molar refractivity (Wildman–Crippen MR) is 130 cm³/mol. The topological polar surface area (TPSA) is 67.9 Å². The Kier molecular flexibility index (Phi) is 10.3. The molecule has 1 N–H and O–H groups in total. The third-order valence-electron chi connectivity index (χ3n) is 5.12. The molecule has 0 aliphatic rings. The Bertz CT molecular complexity index is 925. The normalized spacial score (nSPS) is 12.6. The SMILES string of the molecule is CC[C@@H](C)NC(=O)[C@H](CC)N(Cc1cccc(OC)c1)C(=O)COc1ccc(Br)cc1Cl. The van der Waals surface area contributed by atoms with Gasteiger partial charge in [0.2, 0.25) is 5.91 Å². The summed E-state index contributed by atoms with van der Waals surface area (Å²) in [5, 5.41) is 3.39. The zero-order chi connectivity index (χ0) is 23.7. The molecule has 0 saturated carbocycles. The standard InChI is InChI=1S/C24H30BrClN2O4/c1-5-16(3)27-24(30)21(6-2)28(14-17-8-7-9-19(12-17)31-4)23(29)15-32-22-11-10-18(25)13-20(22)26/h7-13,16,21H,5-6,14-15H2,1-4H3,(H,27,30)/t16-,21+/m1/s1. The smallest absolute Gasteiger partial charge is 0.261 e. The molecule has 2 aromatic rings. The van der Waals surface area contributed by atoms with Crippen LogP contribution < -0.4 is 14.8 Å². The number of ether oxygens (including phenoxy) is 2. The maximum absolute atomic E-state index is 13.3. The van der Waals surface area contributed by atoms with Crippen molar-refractivity contribution in [3.63, 3.8) is 0 Å². The van der Waals surface area contributed by atoms with Crippen LogP contribution in [0.5, 0.6) is 11.5 Å². The van der Waals surface area contributed by atoms with Crippen molar-refractivity contribution in [2.75, 3.05) is 13.7 Å². The fraction of sp³-hybridized carbons (Fsp3) is 0.417. The lowest BCUT2D eigenvalue weighted by atomic mass is 10.1. The number of hydrogen-bond donors (Lipinski definition) is 1. The summed E-state index contributed by atoms with van der Waals surface area (Å²) < 4.78 is 11.8. The summed E-state index contributed by atoms with van der Waals surface area (Å²) >= 11 is 9.56. The Morgan fingerprint density at radius 3 is 2.53 bits per heavy atom. The number of nitrogens with one attached hydrogen (secondary N) is 1. The maximum atomic E-state index is 13.3.